The summed E-state index contributed by atoms with van der Waals surface area (Å²) in [6.07, 6.45) is -5.48. The van der Waals surface area contributed by atoms with Crippen LogP contribution in [0.5, 0.6) is 0 Å². The SMILES string of the molecule is CC1C(O)N(N2CC(C(F)(F)F)N(C)C2)C(=O)N1C. The summed E-state index contributed by atoms with van der Waals surface area (Å²) < 4.78 is 38.3. The van der Waals surface area contributed by atoms with Crippen LogP contribution in [0.4, 0.5) is 18.0 Å². The summed E-state index contributed by atoms with van der Waals surface area (Å²) in [5.74, 6) is 0. The average molecular weight is 282 g/mol. The highest BCUT2D eigenvalue weighted by atomic mass is 19.4. The number of hydrogen-bond acceptors (Lipinski definition) is 4. The van der Waals surface area contributed by atoms with E-state index < -0.39 is 30.5 Å². The number of likely N-dealkylation sites (N-methyl/N-ethyl adjacent to an activating group) is 2. The van der Waals surface area contributed by atoms with Gasteiger partial charge in [-0.2, -0.15) is 18.2 Å². The zero-order valence-corrected chi connectivity index (χ0v) is 10.9. The predicted molar refractivity (Wildman–Crippen MR) is 59.6 cm³/mol. The summed E-state index contributed by atoms with van der Waals surface area (Å²) in [6, 6.07) is -2.58. The van der Waals surface area contributed by atoms with Gasteiger partial charge in [0.2, 0.25) is 0 Å². The number of hydrogen-bond donors (Lipinski definition) is 1. The fraction of sp³-hybridized carbons (Fsp3) is 0.900. The second kappa shape index (κ2) is 4.50. The molecule has 2 aliphatic rings. The highest BCUT2D eigenvalue weighted by Crippen LogP contribution is 2.31. The Kier molecular flexibility index (Phi) is 3.40. The molecule has 3 unspecified atom stereocenters. The monoisotopic (exact) mass is 282 g/mol. The van der Waals surface area contributed by atoms with E-state index >= 15 is 0 Å². The summed E-state index contributed by atoms with van der Waals surface area (Å²) in [6.45, 7) is 1.24. The maximum Gasteiger partial charge on any atom is 0.405 e. The molecule has 2 rings (SSSR count). The molecule has 0 aliphatic carbocycles. The van der Waals surface area contributed by atoms with Crippen molar-refractivity contribution in [1.29, 1.82) is 0 Å². The molecule has 9 heteroatoms. The van der Waals surface area contributed by atoms with E-state index in [0.717, 1.165) is 9.91 Å². The molecule has 1 N–H and O–H groups in total. The van der Waals surface area contributed by atoms with Gasteiger partial charge in [-0.05, 0) is 14.0 Å². The van der Waals surface area contributed by atoms with E-state index in [-0.39, 0.29) is 13.2 Å². The number of amides is 2. The van der Waals surface area contributed by atoms with Gasteiger partial charge in [0.05, 0.1) is 12.7 Å². The Bertz CT molecular complexity index is 378. The van der Waals surface area contributed by atoms with Crippen LogP contribution in [0.15, 0.2) is 0 Å². The van der Waals surface area contributed by atoms with Crippen molar-refractivity contribution < 1.29 is 23.1 Å². The summed E-state index contributed by atoms with van der Waals surface area (Å²) >= 11 is 0. The van der Waals surface area contributed by atoms with Crippen LogP contribution in [-0.2, 0) is 0 Å². The van der Waals surface area contributed by atoms with Crippen LogP contribution < -0.4 is 0 Å². The van der Waals surface area contributed by atoms with Gasteiger partial charge in [-0.15, -0.1) is 0 Å². The Labute approximate surface area is 108 Å². The second-order valence-corrected chi connectivity index (χ2v) is 5.04. The van der Waals surface area contributed by atoms with E-state index in [9.17, 15) is 23.1 Å². The number of hydrazine groups is 1. The number of carbonyl (C=O) groups excluding carboxylic acids is 1. The normalized spacial score (nSPS) is 34.7. The molecular formula is C10H17F3N4O2. The smallest absolute Gasteiger partial charge is 0.370 e. The summed E-state index contributed by atoms with van der Waals surface area (Å²) in [7, 11) is 2.86. The average Bonchev–Trinajstić information content (AvgIpc) is 2.75. The molecule has 0 aromatic carbocycles. The summed E-state index contributed by atoms with van der Waals surface area (Å²) in [4.78, 5) is 14.4. The molecule has 0 aromatic heterocycles. The standard InChI is InChI=1S/C10H17F3N4O2/c1-6-8(18)17(9(19)15(6)3)16-4-7(10(11,12)13)14(2)5-16/h6-8,18H,4-5H2,1-3H3. The van der Waals surface area contributed by atoms with Gasteiger partial charge in [0.1, 0.15) is 6.04 Å². The Balaban J connectivity index is 2.15. The zero-order chi connectivity index (χ0) is 14.5. The van der Waals surface area contributed by atoms with Gasteiger partial charge >= 0.3 is 12.2 Å². The Morgan fingerprint density at radius 1 is 1.32 bits per heavy atom. The molecule has 6 nitrogen and oxygen atoms in total. The third kappa shape index (κ3) is 2.26. The molecule has 110 valence electrons. The minimum absolute atomic E-state index is 0.0481. The van der Waals surface area contributed by atoms with Gasteiger partial charge in [-0.25, -0.2) is 9.80 Å². The van der Waals surface area contributed by atoms with E-state index in [1.165, 1.54) is 24.0 Å². The summed E-state index contributed by atoms with van der Waals surface area (Å²) in [5.41, 5.74) is 0. The third-order valence-electron chi connectivity index (χ3n) is 3.78. The molecule has 0 saturated carbocycles. The number of aliphatic hydroxyl groups is 1. The topological polar surface area (TPSA) is 50.3 Å². The van der Waals surface area contributed by atoms with Crippen LogP contribution in [0.2, 0.25) is 0 Å². The van der Waals surface area contributed by atoms with Crippen LogP contribution in [0.25, 0.3) is 0 Å². The van der Waals surface area contributed by atoms with E-state index in [0.29, 0.717) is 0 Å². The van der Waals surface area contributed by atoms with Crippen LogP contribution in [0, 0.1) is 0 Å². The van der Waals surface area contributed by atoms with E-state index in [1.807, 2.05) is 0 Å². The van der Waals surface area contributed by atoms with E-state index in [4.69, 9.17) is 0 Å². The first-order valence-corrected chi connectivity index (χ1v) is 5.90. The number of nitrogens with zero attached hydrogens (tertiary/aromatic N) is 4. The maximum absolute atomic E-state index is 12.8. The van der Waals surface area contributed by atoms with E-state index in [2.05, 4.69) is 0 Å². The van der Waals surface area contributed by atoms with E-state index in [1.54, 1.807) is 6.92 Å². The van der Waals surface area contributed by atoms with Gasteiger partial charge in [0.15, 0.2) is 6.23 Å². The number of halogens is 3. The third-order valence-corrected chi connectivity index (χ3v) is 3.78. The van der Waals surface area contributed by atoms with Crippen molar-refractivity contribution in [1.82, 2.24) is 19.8 Å². The van der Waals surface area contributed by atoms with Gasteiger partial charge in [-0.3, -0.25) is 4.90 Å². The van der Waals surface area contributed by atoms with Crippen molar-refractivity contribution in [3.63, 3.8) is 0 Å². The Morgan fingerprint density at radius 2 is 1.89 bits per heavy atom. The first kappa shape index (κ1) is 14.4. The lowest BCUT2D eigenvalue weighted by molar-refractivity contribution is -0.171. The zero-order valence-electron chi connectivity index (χ0n) is 10.9. The van der Waals surface area contributed by atoms with Crippen molar-refractivity contribution in [2.75, 3.05) is 27.3 Å². The molecule has 3 atom stereocenters. The second-order valence-electron chi connectivity index (χ2n) is 5.04. The fourth-order valence-corrected chi connectivity index (χ4v) is 2.40. The summed E-state index contributed by atoms with van der Waals surface area (Å²) in [5, 5.41) is 12.2. The molecule has 2 saturated heterocycles. The van der Waals surface area contributed by atoms with Gasteiger partial charge in [-0.1, -0.05) is 0 Å². The van der Waals surface area contributed by atoms with Gasteiger partial charge in [0.25, 0.3) is 0 Å². The van der Waals surface area contributed by atoms with Crippen LogP contribution in [0.1, 0.15) is 6.92 Å². The molecule has 0 bridgehead atoms. The molecule has 2 heterocycles. The number of rotatable bonds is 1. The molecule has 0 aromatic rings. The number of urea groups is 1. The largest absolute Gasteiger partial charge is 0.405 e. The van der Waals surface area contributed by atoms with Gasteiger partial charge in [0, 0.05) is 13.6 Å². The Morgan fingerprint density at radius 3 is 2.26 bits per heavy atom. The minimum atomic E-state index is -4.35. The molecule has 0 spiro atoms. The number of carbonyl (C=O) groups is 1. The highest BCUT2D eigenvalue weighted by molar-refractivity contribution is 5.76. The first-order chi connectivity index (χ1) is 8.64. The predicted octanol–water partition coefficient (Wildman–Crippen LogP) is 0.111. The molecule has 2 amide bonds. The molecule has 0 radical (unpaired) electrons. The van der Waals surface area contributed by atoms with Crippen LogP contribution >= 0.6 is 0 Å². The van der Waals surface area contributed by atoms with Crippen LogP contribution in [0.3, 0.4) is 0 Å². The lowest BCUT2D eigenvalue weighted by Crippen LogP contribution is -2.49. The molecule has 2 aliphatic heterocycles. The maximum atomic E-state index is 12.8. The molecular weight excluding hydrogens is 265 g/mol. The minimum Gasteiger partial charge on any atom is -0.370 e. The lowest BCUT2D eigenvalue weighted by Gasteiger charge is -2.29. The lowest BCUT2D eigenvalue weighted by atomic mass is 10.3. The molecule has 19 heavy (non-hydrogen) atoms. The van der Waals surface area contributed by atoms with Crippen molar-refractivity contribution >= 4 is 6.03 Å². The van der Waals surface area contributed by atoms with Crippen molar-refractivity contribution in [3.8, 4) is 0 Å². The van der Waals surface area contributed by atoms with Crippen molar-refractivity contribution in [3.05, 3.63) is 0 Å². The van der Waals surface area contributed by atoms with Crippen molar-refractivity contribution in [2.45, 2.75) is 31.4 Å². The quantitative estimate of drug-likeness (QED) is 0.742. The van der Waals surface area contributed by atoms with Gasteiger partial charge < -0.3 is 10.0 Å². The number of aliphatic hydroxyl groups excluding tert-OH is 1. The molecule has 2 fully saturated rings. The first-order valence-electron chi connectivity index (χ1n) is 5.90. The highest BCUT2D eigenvalue weighted by Gasteiger charge is 2.52. The number of alkyl halides is 3. The Hall–Kier alpha value is -1.06. The van der Waals surface area contributed by atoms with Crippen LogP contribution in [-0.4, -0.2) is 82.8 Å². The van der Waals surface area contributed by atoms with Crippen molar-refractivity contribution in [2.24, 2.45) is 0 Å². The fourth-order valence-electron chi connectivity index (χ4n) is 2.40.